The molecule has 3 aliphatic rings. The Morgan fingerprint density at radius 1 is 1.05 bits per heavy atom. The number of benzene rings is 2. The fourth-order valence-corrected chi connectivity index (χ4v) is 6.04. The predicted octanol–water partition coefficient (Wildman–Crippen LogP) is 2.61. The third-order valence-electron chi connectivity index (χ3n) is 8.36. The van der Waals surface area contributed by atoms with Gasteiger partial charge in [0.1, 0.15) is 12.7 Å². The second-order valence-electron chi connectivity index (χ2n) is 11.2. The number of para-hydroxylation sites is 1. The molecular formula is C32H35N5O7. The SMILES string of the molecule is COc1cccc(OCC(O)CNc2cc[nH]c(=O)c2C2=Nc3cc4c(cc3C2)C(=O)N(C2CCN(C)CC2)C4=O)c1OC. The Balaban J connectivity index is 1.16. The molecule has 3 N–H and O–H groups in total. The summed E-state index contributed by atoms with van der Waals surface area (Å²) < 4.78 is 16.4. The molecule has 1 fully saturated rings. The number of piperidine rings is 1. The van der Waals surface area contributed by atoms with Crippen molar-refractivity contribution < 1.29 is 28.9 Å². The summed E-state index contributed by atoms with van der Waals surface area (Å²) in [6.45, 7) is 1.73. The molecule has 0 radical (unpaired) electrons. The van der Waals surface area contributed by atoms with Gasteiger partial charge in [-0.3, -0.25) is 24.3 Å². The van der Waals surface area contributed by atoms with Crippen LogP contribution in [0.25, 0.3) is 0 Å². The number of nitrogens with one attached hydrogen (secondary N) is 2. The maximum absolute atomic E-state index is 13.4. The zero-order valence-electron chi connectivity index (χ0n) is 24.9. The molecule has 0 saturated carbocycles. The van der Waals surface area contributed by atoms with E-state index in [1.807, 2.05) is 7.05 Å². The summed E-state index contributed by atoms with van der Waals surface area (Å²) >= 11 is 0. The first-order valence-electron chi connectivity index (χ1n) is 14.6. The Hall–Kier alpha value is -4.68. The Bertz CT molecular complexity index is 1690. The van der Waals surface area contributed by atoms with Crippen molar-refractivity contribution in [2.75, 3.05) is 52.8 Å². The quantitative estimate of drug-likeness (QED) is 0.299. The molecule has 0 bridgehead atoms. The van der Waals surface area contributed by atoms with Crippen molar-refractivity contribution >= 4 is 28.9 Å². The standard InChI is InChI=1S/C32H35N5O7/c1-36-11-8-19(9-12-36)37-31(40)21-13-18-14-25(35-24(18)15-22(21)32(37)41)28-23(7-10-33-30(28)39)34-16-20(38)17-44-27-6-4-5-26(42-2)29(27)43-3/h4-7,10,13,15,19-20,38H,8-9,11-12,14,16-17H2,1-3H3,(H2,33,34,39). The molecule has 2 aromatic carbocycles. The number of amides is 2. The van der Waals surface area contributed by atoms with Gasteiger partial charge in [0.05, 0.1) is 48.0 Å². The lowest BCUT2D eigenvalue weighted by Gasteiger charge is -2.33. The number of H-pyrrole nitrogens is 1. The molecule has 3 aromatic rings. The maximum Gasteiger partial charge on any atom is 0.261 e. The van der Waals surface area contributed by atoms with Crippen LogP contribution < -0.4 is 25.1 Å². The van der Waals surface area contributed by atoms with E-state index in [1.165, 1.54) is 25.3 Å². The first-order chi connectivity index (χ1) is 21.3. The van der Waals surface area contributed by atoms with Crippen molar-refractivity contribution in [2.45, 2.75) is 31.4 Å². The van der Waals surface area contributed by atoms with E-state index in [0.717, 1.165) is 31.5 Å². The number of methoxy groups -OCH3 is 2. The zero-order chi connectivity index (χ0) is 31.0. The topological polar surface area (TPSA) is 146 Å². The van der Waals surface area contributed by atoms with Gasteiger partial charge in [0.2, 0.25) is 5.75 Å². The largest absolute Gasteiger partial charge is 0.493 e. The van der Waals surface area contributed by atoms with Crippen molar-refractivity contribution in [3.05, 3.63) is 75.2 Å². The van der Waals surface area contributed by atoms with Gasteiger partial charge in [-0.1, -0.05) is 6.07 Å². The molecule has 12 nitrogen and oxygen atoms in total. The summed E-state index contributed by atoms with van der Waals surface area (Å²) in [5.74, 6) is 0.818. The number of fused-ring (bicyclic) bond motifs is 2. The number of imide groups is 1. The van der Waals surface area contributed by atoms with E-state index < -0.39 is 6.10 Å². The van der Waals surface area contributed by atoms with Gasteiger partial charge in [-0.05, 0) is 68.9 Å². The lowest BCUT2D eigenvalue weighted by Crippen LogP contribution is -2.46. The summed E-state index contributed by atoms with van der Waals surface area (Å²) in [7, 11) is 5.08. The van der Waals surface area contributed by atoms with E-state index in [4.69, 9.17) is 19.2 Å². The third-order valence-corrected chi connectivity index (χ3v) is 8.36. The van der Waals surface area contributed by atoms with Gasteiger partial charge in [0.15, 0.2) is 11.5 Å². The average Bonchev–Trinajstić information content (AvgIpc) is 3.55. The molecule has 44 heavy (non-hydrogen) atoms. The number of aliphatic hydroxyl groups excluding tert-OH is 1. The zero-order valence-corrected chi connectivity index (χ0v) is 24.9. The van der Waals surface area contributed by atoms with Crippen LogP contribution in [0.1, 0.15) is 44.7 Å². The summed E-state index contributed by atoms with van der Waals surface area (Å²) in [4.78, 5) is 50.7. The Kier molecular flexibility index (Phi) is 8.11. The first-order valence-corrected chi connectivity index (χ1v) is 14.6. The monoisotopic (exact) mass is 601 g/mol. The molecule has 0 aliphatic carbocycles. The van der Waals surface area contributed by atoms with Gasteiger partial charge >= 0.3 is 0 Å². The summed E-state index contributed by atoms with van der Waals surface area (Å²) in [6, 6.07) is 10.2. The van der Waals surface area contributed by atoms with Gasteiger partial charge in [0.25, 0.3) is 17.4 Å². The highest BCUT2D eigenvalue weighted by Crippen LogP contribution is 2.38. The fourth-order valence-electron chi connectivity index (χ4n) is 6.04. The van der Waals surface area contributed by atoms with Gasteiger partial charge in [0, 0.05) is 25.2 Å². The predicted molar refractivity (Wildman–Crippen MR) is 164 cm³/mol. The normalized spacial score (nSPS) is 17.3. The van der Waals surface area contributed by atoms with Crippen LogP contribution in [0.15, 0.2) is 52.4 Å². The summed E-state index contributed by atoms with van der Waals surface area (Å²) in [5.41, 5.74) is 3.08. The number of ether oxygens (including phenoxy) is 3. The first kappa shape index (κ1) is 29.4. The molecule has 3 aliphatic heterocycles. The molecule has 6 rings (SSSR count). The lowest BCUT2D eigenvalue weighted by atomic mass is 10.00. The van der Waals surface area contributed by atoms with E-state index in [1.54, 1.807) is 36.4 Å². The minimum Gasteiger partial charge on any atom is -0.493 e. The van der Waals surface area contributed by atoms with Crippen molar-refractivity contribution in [1.29, 1.82) is 0 Å². The van der Waals surface area contributed by atoms with Crippen LogP contribution in [0, 0.1) is 0 Å². The Labute approximate surface area is 254 Å². The number of aromatic nitrogens is 1. The Morgan fingerprint density at radius 2 is 1.77 bits per heavy atom. The molecule has 0 spiro atoms. The van der Waals surface area contributed by atoms with Gasteiger partial charge in [-0.25, -0.2) is 0 Å². The number of likely N-dealkylation sites (tertiary alicyclic amines) is 1. The number of aromatic amines is 1. The second kappa shape index (κ2) is 12.1. The number of hydrogen-bond donors (Lipinski definition) is 3. The highest BCUT2D eigenvalue weighted by molar-refractivity contribution is 6.22. The summed E-state index contributed by atoms with van der Waals surface area (Å²) in [5, 5.41) is 13.8. The molecule has 2 amide bonds. The number of carbonyl (C=O) groups is 2. The number of pyridine rings is 1. The fraction of sp³-hybridized carbons (Fsp3) is 0.375. The highest BCUT2D eigenvalue weighted by Gasteiger charge is 2.42. The van der Waals surface area contributed by atoms with Crippen molar-refractivity contribution in [3.63, 3.8) is 0 Å². The van der Waals surface area contributed by atoms with Gasteiger partial charge in [-0.2, -0.15) is 0 Å². The molecule has 230 valence electrons. The van der Waals surface area contributed by atoms with Gasteiger partial charge in [-0.15, -0.1) is 0 Å². The Morgan fingerprint density at radius 3 is 2.50 bits per heavy atom. The van der Waals surface area contributed by atoms with Crippen LogP contribution in [-0.4, -0.2) is 97.1 Å². The van der Waals surface area contributed by atoms with Crippen molar-refractivity contribution in [1.82, 2.24) is 14.8 Å². The van der Waals surface area contributed by atoms with Crippen LogP contribution in [0.3, 0.4) is 0 Å². The van der Waals surface area contributed by atoms with E-state index in [9.17, 15) is 19.5 Å². The van der Waals surface area contributed by atoms with E-state index in [-0.39, 0.29) is 36.6 Å². The number of aliphatic imine (C=N–C) groups is 1. The molecule has 12 heteroatoms. The van der Waals surface area contributed by atoms with Crippen molar-refractivity contribution in [2.24, 2.45) is 4.99 Å². The number of rotatable bonds is 10. The number of hydrogen-bond acceptors (Lipinski definition) is 10. The van der Waals surface area contributed by atoms with Gasteiger partial charge < -0.3 is 34.5 Å². The van der Waals surface area contributed by atoms with Crippen LogP contribution >= 0.6 is 0 Å². The van der Waals surface area contributed by atoms with Crippen molar-refractivity contribution in [3.8, 4) is 17.2 Å². The molecule has 4 heterocycles. The summed E-state index contributed by atoms with van der Waals surface area (Å²) in [6.07, 6.45) is 2.43. The number of carbonyl (C=O) groups excluding carboxylic acids is 2. The van der Waals surface area contributed by atoms with E-state index >= 15 is 0 Å². The van der Waals surface area contributed by atoms with E-state index in [2.05, 4.69) is 15.2 Å². The number of aliphatic hydroxyl groups is 1. The second-order valence-corrected chi connectivity index (χ2v) is 11.2. The van der Waals surface area contributed by atoms with Crippen LogP contribution in [0.2, 0.25) is 0 Å². The van der Waals surface area contributed by atoms with Crippen LogP contribution in [0.4, 0.5) is 11.4 Å². The molecule has 1 saturated heterocycles. The highest BCUT2D eigenvalue weighted by atomic mass is 16.5. The molecular weight excluding hydrogens is 566 g/mol. The third kappa shape index (κ3) is 5.42. The number of nitrogens with zero attached hydrogens (tertiary/aromatic N) is 3. The minimum atomic E-state index is -0.923. The molecule has 1 unspecified atom stereocenters. The maximum atomic E-state index is 13.4. The smallest absolute Gasteiger partial charge is 0.261 e. The average molecular weight is 602 g/mol. The lowest BCUT2D eigenvalue weighted by molar-refractivity contribution is 0.0516. The van der Waals surface area contributed by atoms with E-state index in [0.29, 0.717) is 57.4 Å². The minimum absolute atomic E-state index is 0.0381. The molecule has 1 atom stereocenters. The number of anilines is 1. The molecule has 1 aromatic heterocycles. The van der Waals surface area contributed by atoms with Crippen LogP contribution in [-0.2, 0) is 6.42 Å². The van der Waals surface area contributed by atoms with Crippen LogP contribution in [0.5, 0.6) is 17.2 Å².